The highest BCUT2D eigenvalue weighted by Crippen LogP contribution is 2.32. The summed E-state index contributed by atoms with van der Waals surface area (Å²) in [5.41, 5.74) is 4.11. The number of fused-ring (bicyclic) bond motifs is 1. The van der Waals surface area contributed by atoms with Gasteiger partial charge in [0.1, 0.15) is 0 Å². The number of thiazole rings is 1. The average Bonchev–Trinajstić information content (AvgIpc) is 3.10. The van der Waals surface area contributed by atoms with Crippen LogP contribution in [0.1, 0.15) is 23.1 Å². The van der Waals surface area contributed by atoms with Gasteiger partial charge in [0, 0.05) is 19.5 Å². The minimum absolute atomic E-state index is 0.0857. The number of likely N-dealkylation sites (N-methyl/N-ethyl adjacent to an activating group) is 1. The number of aryl methyl sites for hydroxylation is 3. The fourth-order valence-corrected chi connectivity index (χ4v) is 5.62. The van der Waals surface area contributed by atoms with Crippen molar-refractivity contribution in [2.75, 3.05) is 37.8 Å². The number of carbonyl (C=O) groups is 1. The average molecular weight is 460 g/mol. The van der Waals surface area contributed by atoms with Crippen LogP contribution in [0.15, 0.2) is 41.3 Å². The van der Waals surface area contributed by atoms with E-state index in [2.05, 4.69) is 6.07 Å². The molecule has 2 aromatic carbocycles. The van der Waals surface area contributed by atoms with E-state index in [-0.39, 0.29) is 23.0 Å². The van der Waals surface area contributed by atoms with Crippen LogP contribution in [0.4, 0.5) is 5.13 Å². The van der Waals surface area contributed by atoms with Crippen molar-refractivity contribution in [1.82, 2.24) is 9.88 Å². The lowest BCUT2D eigenvalue weighted by Gasteiger charge is -2.22. The van der Waals surface area contributed by atoms with Crippen LogP contribution < -0.4 is 4.90 Å². The molecule has 0 radical (unpaired) electrons. The lowest BCUT2D eigenvalue weighted by Crippen LogP contribution is -2.37. The minimum atomic E-state index is -3.53. The van der Waals surface area contributed by atoms with Gasteiger partial charge in [-0.3, -0.25) is 9.69 Å². The monoisotopic (exact) mass is 459 g/mol. The fraction of sp³-hybridized carbons (Fsp3) is 0.391. The molecule has 0 atom stereocenters. The zero-order valence-corrected chi connectivity index (χ0v) is 20.3. The van der Waals surface area contributed by atoms with Crippen LogP contribution in [0.5, 0.6) is 0 Å². The van der Waals surface area contributed by atoms with Gasteiger partial charge in [-0.2, -0.15) is 0 Å². The van der Waals surface area contributed by atoms with E-state index in [1.54, 1.807) is 29.2 Å². The van der Waals surface area contributed by atoms with Crippen molar-refractivity contribution in [2.24, 2.45) is 0 Å². The van der Waals surface area contributed by atoms with E-state index in [1.165, 1.54) is 11.3 Å². The van der Waals surface area contributed by atoms with Crippen molar-refractivity contribution in [3.8, 4) is 0 Å². The molecule has 0 saturated heterocycles. The van der Waals surface area contributed by atoms with E-state index < -0.39 is 9.84 Å². The molecule has 0 unspecified atom stereocenters. The van der Waals surface area contributed by atoms with Gasteiger partial charge in [0.2, 0.25) is 5.91 Å². The molecule has 3 aromatic rings. The maximum absolute atomic E-state index is 13.1. The molecular weight excluding hydrogens is 430 g/mol. The third-order valence-electron chi connectivity index (χ3n) is 5.08. The number of rotatable bonds is 8. The van der Waals surface area contributed by atoms with E-state index in [0.29, 0.717) is 18.2 Å². The number of sulfone groups is 1. The van der Waals surface area contributed by atoms with Crippen LogP contribution in [-0.4, -0.2) is 57.1 Å². The standard InChI is InChI=1S/C23H29N3O3S2/c1-16-6-8-19(9-7-16)31(28,29)13-10-21(27)26(12-11-25(4)5)23-24-20-15-17(2)14-18(3)22(20)30-23/h6-9,14-15H,10-13H2,1-5H3. The van der Waals surface area contributed by atoms with E-state index in [4.69, 9.17) is 4.98 Å². The van der Waals surface area contributed by atoms with Crippen molar-refractivity contribution < 1.29 is 13.2 Å². The van der Waals surface area contributed by atoms with Crippen molar-refractivity contribution in [3.63, 3.8) is 0 Å². The Hall–Kier alpha value is -2.29. The largest absolute Gasteiger partial charge is 0.308 e. The normalized spacial score (nSPS) is 11.9. The Morgan fingerprint density at radius 2 is 1.68 bits per heavy atom. The van der Waals surface area contributed by atoms with Crippen molar-refractivity contribution in [2.45, 2.75) is 32.1 Å². The lowest BCUT2D eigenvalue weighted by molar-refractivity contribution is -0.118. The van der Waals surface area contributed by atoms with E-state index in [9.17, 15) is 13.2 Å². The highest BCUT2D eigenvalue weighted by atomic mass is 32.2. The maximum atomic E-state index is 13.1. The zero-order valence-electron chi connectivity index (χ0n) is 18.7. The highest BCUT2D eigenvalue weighted by molar-refractivity contribution is 7.91. The number of hydrogen-bond donors (Lipinski definition) is 0. The molecule has 0 bridgehead atoms. The van der Waals surface area contributed by atoms with Gasteiger partial charge in [-0.05, 0) is 64.2 Å². The van der Waals surface area contributed by atoms with Crippen molar-refractivity contribution >= 4 is 42.4 Å². The first-order chi connectivity index (χ1) is 14.6. The number of benzene rings is 2. The van der Waals surface area contributed by atoms with Crippen molar-refractivity contribution in [3.05, 3.63) is 53.1 Å². The van der Waals surface area contributed by atoms with Gasteiger partial charge in [0.25, 0.3) is 0 Å². The summed E-state index contributed by atoms with van der Waals surface area (Å²) in [6, 6.07) is 10.8. The number of amides is 1. The molecule has 6 nitrogen and oxygen atoms in total. The SMILES string of the molecule is Cc1ccc(S(=O)(=O)CCC(=O)N(CCN(C)C)c2nc3cc(C)cc(C)c3s2)cc1. The summed E-state index contributed by atoms with van der Waals surface area (Å²) >= 11 is 1.48. The van der Waals surface area contributed by atoms with Crippen LogP contribution in [0.25, 0.3) is 10.2 Å². The van der Waals surface area contributed by atoms with Crippen molar-refractivity contribution in [1.29, 1.82) is 0 Å². The molecule has 166 valence electrons. The molecule has 0 saturated carbocycles. The van der Waals surface area contributed by atoms with Crippen LogP contribution in [0.2, 0.25) is 0 Å². The van der Waals surface area contributed by atoms with Gasteiger partial charge < -0.3 is 4.90 Å². The summed E-state index contributed by atoms with van der Waals surface area (Å²) in [6.07, 6.45) is -0.0857. The van der Waals surface area contributed by atoms with Gasteiger partial charge in [-0.1, -0.05) is 35.1 Å². The first-order valence-corrected chi connectivity index (χ1v) is 12.7. The third kappa shape index (κ3) is 5.70. The summed E-state index contributed by atoms with van der Waals surface area (Å²) in [5.74, 6) is -0.456. The molecule has 0 aliphatic carbocycles. The molecule has 0 aliphatic rings. The first kappa shape index (κ1) is 23.4. The van der Waals surface area contributed by atoms with Gasteiger partial charge in [-0.15, -0.1) is 0 Å². The second-order valence-electron chi connectivity index (χ2n) is 8.16. The quantitative estimate of drug-likeness (QED) is 0.510. The summed E-state index contributed by atoms with van der Waals surface area (Å²) in [5, 5.41) is 0.614. The Labute approximate surface area is 188 Å². The van der Waals surface area contributed by atoms with Crippen LogP contribution in [-0.2, 0) is 14.6 Å². The lowest BCUT2D eigenvalue weighted by atomic mass is 10.1. The summed E-state index contributed by atoms with van der Waals surface area (Å²) < 4.78 is 26.5. The predicted molar refractivity (Wildman–Crippen MR) is 128 cm³/mol. The molecule has 1 aromatic heterocycles. The van der Waals surface area contributed by atoms with Crippen LogP contribution in [0.3, 0.4) is 0 Å². The first-order valence-electron chi connectivity index (χ1n) is 10.2. The Bertz CT molecular complexity index is 1180. The Balaban J connectivity index is 1.84. The van der Waals surface area contributed by atoms with E-state index >= 15 is 0 Å². The van der Waals surface area contributed by atoms with E-state index in [0.717, 1.165) is 26.9 Å². The van der Waals surface area contributed by atoms with E-state index in [1.807, 2.05) is 45.8 Å². The Kier molecular flexibility index (Phi) is 7.13. The molecule has 1 heterocycles. The van der Waals surface area contributed by atoms with Gasteiger partial charge in [0.15, 0.2) is 15.0 Å². The smallest absolute Gasteiger partial charge is 0.229 e. The van der Waals surface area contributed by atoms with Gasteiger partial charge in [-0.25, -0.2) is 13.4 Å². The molecule has 8 heteroatoms. The summed E-state index contributed by atoms with van der Waals surface area (Å²) in [4.78, 5) is 21.7. The second kappa shape index (κ2) is 9.46. The molecule has 31 heavy (non-hydrogen) atoms. The summed E-state index contributed by atoms with van der Waals surface area (Å²) in [7, 11) is 0.351. The van der Waals surface area contributed by atoms with Gasteiger partial charge in [0.05, 0.1) is 20.9 Å². The molecule has 0 N–H and O–H groups in total. The van der Waals surface area contributed by atoms with Crippen LogP contribution >= 0.6 is 11.3 Å². The number of anilines is 1. The molecule has 1 amide bonds. The molecule has 0 fully saturated rings. The molecular formula is C23H29N3O3S2. The fourth-order valence-electron chi connectivity index (χ4n) is 3.33. The van der Waals surface area contributed by atoms with Crippen LogP contribution in [0, 0.1) is 20.8 Å². The number of hydrogen-bond acceptors (Lipinski definition) is 6. The Morgan fingerprint density at radius 1 is 1.00 bits per heavy atom. The molecule has 0 aliphatic heterocycles. The number of carbonyl (C=O) groups excluding carboxylic acids is 1. The van der Waals surface area contributed by atoms with Gasteiger partial charge >= 0.3 is 0 Å². The second-order valence-corrected chi connectivity index (χ2v) is 11.2. The minimum Gasteiger partial charge on any atom is -0.308 e. The molecule has 3 rings (SSSR count). The number of nitrogens with zero attached hydrogens (tertiary/aromatic N) is 3. The third-order valence-corrected chi connectivity index (χ3v) is 8.04. The molecule has 0 spiro atoms. The zero-order chi connectivity index (χ0) is 22.8. The maximum Gasteiger partial charge on any atom is 0.229 e. The highest BCUT2D eigenvalue weighted by Gasteiger charge is 2.23. The number of aromatic nitrogens is 1. The Morgan fingerprint density at radius 3 is 2.32 bits per heavy atom. The topological polar surface area (TPSA) is 70.6 Å². The summed E-state index contributed by atoms with van der Waals surface area (Å²) in [6.45, 7) is 7.08. The predicted octanol–water partition coefficient (Wildman–Crippen LogP) is 3.98.